The normalized spacial score (nSPS) is 9.94. The summed E-state index contributed by atoms with van der Waals surface area (Å²) in [5.74, 6) is 0.126. The third-order valence-corrected chi connectivity index (χ3v) is 2.21. The maximum absolute atomic E-state index is 11.9. The summed E-state index contributed by atoms with van der Waals surface area (Å²) in [5.41, 5.74) is 7.23. The number of nitrogens with one attached hydrogen (secondary N) is 1. The molecule has 0 saturated carbocycles. The Morgan fingerprint density at radius 2 is 2.12 bits per heavy atom. The van der Waals surface area contributed by atoms with Crippen LogP contribution in [-0.4, -0.2) is 15.9 Å². The summed E-state index contributed by atoms with van der Waals surface area (Å²) in [5, 5.41) is 2.65. The fourth-order valence-corrected chi connectivity index (χ4v) is 1.39. The van der Waals surface area contributed by atoms with Gasteiger partial charge in [0.1, 0.15) is 5.82 Å². The zero-order valence-electron chi connectivity index (χ0n) is 9.34. The van der Waals surface area contributed by atoms with Crippen molar-refractivity contribution in [1.82, 2.24) is 9.97 Å². The van der Waals surface area contributed by atoms with Gasteiger partial charge in [0.05, 0.1) is 5.69 Å². The maximum atomic E-state index is 11.9. The number of hydrogen-bond acceptors (Lipinski definition) is 4. The topological polar surface area (TPSA) is 80.9 Å². The molecule has 0 aliphatic rings. The predicted molar refractivity (Wildman–Crippen MR) is 65.6 cm³/mol. The summed E-state index contributed by atoms with van der Waals surface area (Å²) < 4.78 is 0. The van der Waals surface area contributed by atoms with Crippen LogP contribution < -0.4 is 11.1 Å². The highest BCUT2D eigenvalue weighted by Gasteiger charge is 2.11. The molecule has 0 aliphatic heterocycles. The lowest BCUT2D eigenvalue weighted by atomic mass is 10.2. The smallest absolute Gasteiger partial charge is 0.277 e. The number of nitrogens with two attached hydrogens (primary N) is 1. The van der Waals surface area contributed by atoms with E-state index in [9.17, 15) is 4.79 Å². The predicted octanol–water partition coefficient (Wildman–Crippen LogP) is 1.62. The molecule has 2 aromatic rings. The molecule has 0 fully saturated rings. The van der Waals surface area contributed by atoms with Crippen molar-refractivity contribution in [1.29, 1.82) is 0 Å². The Morgan fingerprint density at radius 1 is 1.29 bits per heavy atom. The van der Waals surface area contributed by atoms with E-state index < -0.39 is 0 Å². The second kappa shape index (κ2) is 4.61. The Kier molecular flexibility index (Phi) is 3.00. The van der Waals surface area contributed by atoms with E-state index in [-0.39, 0.29) is 11.6 Å². The second-order valence-electron chi connectivity index (χ2n) is 3.61. The van der Waals surface area contributed by atoms with E-state index in [0.29, 0.717) is 11.5 Å². The third kappa shape index (κ3) is 2.57. The number of aryl methyl sites for hydroxylation is 1. The molecule has 0 atom stereocenters. The lowest BCUT2D eigenvalue weighted by molar-refractivity contribution is 0.102. The van der Waals surface area contributed by atoms with E-state index in [4.69, 9.17) is 5.73 Å². The monoisotopic (exact) mass is 228 g/mol. The van der Waals surface area contributed by atoms with Crippen molar-refractivity contribution < 1.29 is 4.79 Å². The first kappa shape index (κ1) is 11.1. The third-order valence-electron chi connectivity index (χ3n) is 2.21. The number of carbonyl (C=O) groups is 1. The average molecular weight is 228 g/mol. The molecular formula is C12H12N4O. The van der Waals surface area contributed by atoms with Crippen LogP contribution in [0.15, 0.2) is 36.7 Å². The van der Waals surface area contributed by atoms with Gasteiger partial charge in [0.15, 0.2) is 5.69 Å². The Hall–Kier alpha value is -2.43. The molecule has 0 aromatic carbocycles. The number of anilines is 2. The van der Waals surface area contributed by atoms with E-state index in [2.05, 4.69) is 15.3 Å². The minimum atomic E-state index is -0.360. The van der Waals surface area contributed by atoms with E-state index in [0.717, 1.165) is 5.56 Å². The van der Waals surface area contributed by atoms with Crippen molar-refractivity contribution in [2.45, 2.75) is 6.92 Å². The summed E-state index contributed by atoms with van der Waals surface area (Å²) >= 11 is 0. The lowest BCUT2D eigenvalue weighted by Gasteiger charge is -2.05. The minimum Gasteiger partial charge on any atom is -0.397 e. The highest BCUT2D eigenvalue weighted by Crippen LogP contribution is 2.11. The standard InChI is InChI=1S/C12H12N4O/c1-8-4-6-14-10(7-8)16-12(17)11-9(13)3-2-5-15-11/h2-7H,13H2,1H3,(H,14,16,17). The SMILES string of the molecule is Cc1ccnc(NC(=O)c2ncccc2N)c1. The number of rotatable bonds is 2. The van der Waals surface area contributed by atoms with Gasteiger partial charge in [0.2, 0.25) is 0 Å². The van der Waals surface area contributed by atoms with E-state index in [1.165, 1.54) is 6.20 Å². The van der Waals surface area contributed by atoms with Crippen LogP contribution in [-0.2, 0) is 0 Å². The van der Waals surface area contributed by atoms with Crippen LogP contribution in [0.4, 0.5) is 11.5 Å². The van der Waals surface area contributed by atoms with Gasteiger partial charge in [-0.3, -0.25) is 4.79 Å². The number of aromatic nitrogens is 2. The van der Waals surface area contributed by atoms with Crippen molar-refractivity contribution in [2.24, 2.45) is 0 Å². The number of nitrogen functional groups attached to an aromatic ring is 1. The quantitative estimate of drug-likeness (QED) is 0.818. The molecule has 0 aliphatic carbocycles. The van der Waals surface area contributed by atoms with Crippen LogP contribution in [0.3, 0.4) is 0 Å². The summed E-state index contributed by atoms with van der Waals surface area (Å²) in [6.45, 7) is 1.92. The van der Waals surface area contributed by atoms with Gasteiger partial charge in [-0.05, 0) is 36.8 Å². The first-order valence-corrected chi connectivity index (χ1v) is 5.11. The van der Waals surface area contributed by atoms with Crippen molar-refractivity contribution in [3.05, 3.63) is 47.9 Å². The molecule has 2 heterocycles. The number of pyridine rings is 2. The number of hydrogen-bond donors (Lipinski definition) is 2. The molecule has 0 radical (unpaired) electrons. The van der Waals surface area contributed by atoms with Gasteiger partial charge >= 0.3 is 0 Å². The van der Waals surface area contributed by atoms with Gasteiger partial charge < -0.3 is 11.1 Å². The molecule has 1 amide bonds. The fraction of sp³-hybridized carbons (Fsp3) is 0.0833. The molecule has 5 nitrogen and oxygen atoms in total. The largest absolute Gasteiger partial charge is 0.397 e. The highest BCUT2D eigenvalue weighted by molar-refractivity contribution is 6.05. The molecule has 0 saturated heterocycles. The molecule has 3 N–H and O–H groups in total. The van der Waals surface area contributed by atoms with Gasteiger partial charge in [-0.25, -0.2) is 9.97 Å². The van der Waals surface area contributed by atoms with Crippen LogP contribution >= 0.6 is 0 Å². The van der Waals surface area contributed by atoms with Gasteiger partial charge in [0.25, 0.3) is 5.91 Å². The molecule has 0 bridgehead atoms. The molecule has 86 valence electrons. The van der Waals surface area contributed by atoms with Gasteiger partial charge in [-0.1, -0.05) is 0 Å². The Balaban J connectivity index is 2.20. The summed E-state index contributed by atoms with van der Waals surface area (Å²) in [6.07, 6.45) is 3.15. The zero-order valence-corrected chi connectivity index (χ0v) is 9.34. The molecular weight excluding hydrogens is 216 g/mol. The second-order valence-corrected chi connectivity index (χ2v) is 3.61. The Labute approximate surface area is 98.7 Å². The molecule has 17 heavy (non-hydrogen) atoms. The van der Waals surface area contributed by atoms with E-state index >= 15 is 0 Å². The van der Waals surface area contributed by atoms with E-state index in [1.807, 2.05) is 13.0 Å². The van der Waals surface area contributed by atoms with Crippen molar-refractivity contribution in [3.8, 4) is 0 Å². The van der Waals surface area contributed by atoms with Crippen LogP contribution in [0.25, 0.3) is 0 Å². The van der Waals surface area contributed by atoms with Crippen molar-refractivity contribution >= 4 is 17.4 Å². The molecule has 0 unspecified atom stereocenters. The first-order valence-electron chi connectivity index (χ1n) is 5.11. The van der Waals surface area contributed by atoms with Crippen LogP contribution in [0.2, 0.25) is 0 Å². The van der Waals surface area contributed by atoms with Crippen molar-refractivity contribution in [3.63, 3.8) is 0 Å². The minimum absolute atomic E-state index is 0.204. The first-order chi connectivity index (χ1) is 8.16. The molecule has 5 heteroatoms. The average Bonchev–Trinajstić information content (AvgIpc) is 2.29. The van der Waals surface area contributed by atoms with Gasteiger partial charge in [0, 0.05) is 12.4 Å². The zero-order chi connectivity index (χ0) is 12.3. The van der Waals surface area contributed by atoms with Crippen molar-refractivity contribution in [2.75, 3.05) is 11.1 Å². The van der Waals surface area contributed by atoms with Crippen LogP contribution in [0.1, 0.15) is 16.1 Å². The lowest BCUT2D eigenvalue weighted by Crippen LogP contribution is -2.16. The van der Waals surface area contributed by atoms with E-state index in [1.54, 1.807) is 24.4 Å². The number of nitrogens with zero attached hydrogens (tertiary/aromatic N) is 2. The number of amides is 1. The van der Waals surface area contributed by atoms with Gasteiger partial charge in [-0.15, -0.1) is 0 Å². The fourth-order valence-electron chi connectivity index (χ4n) is 1.39. The molecule has 2 aromatic heterocycles. The highest BCUT2D eigenvalue weighted by atomic mass is 16.1. The summed E-state index contributed by atoms with van der Waals surface area (Å²) in [6, 6.07) is 6.93. The Bertz CT molecular complexity index is 554. The van der Waals surface area contributed by atoms with Crippen LogP contribution in [0.5, 0.6) is 0 Å². The summed E-state index contributed by atoms with van der Waals surface area (Å²) in [4.78, 5) is 19.8. The molecule has 0 spiro atoms. The van der Waals surface area contributed by atoms with Crippen LogP contribution in [0, 0.1) is 6.92 Å². The Morgan fingerprint density at radius 3 is 2.82 bits per heavy atom. The molecule has 2 rings (SSSR count). The summed E-state index contributed by atoms with van der Waals surface area (Å²) in [7, 11) is 0. The van der Waals surface area contributed by atoms with Gasteiger partial charge in [-0.2, -0.15) is 0 Å². The number of carbonyl (C=O) groups excluding carboxylic acids is 1. The maximum Gasteiger partial charge on any atom is 0.277 e.